The van der Waals surface area contributed by atoms with Gasteiger partial charge in [-0.1, -0.05) is 48.5 Å². The van der Waals surface area contributed by atoms with Crippen molar-refractivity contribution < 1.29 is 38.7 Å². The van der Waals surface area contributed by atoms with Gasteiger partial charge >= 0.3 is 5.97 Å². The first-order valence-electron chi connectivity index (χ1n) is 15.1. The van der Waals surface area contributed by atoms with Crippen LogP contribution in [0.25, 0.3) is 0 Å². The summed E-state index contributed by atoms with van der Waals surface area (Å²) in [6.45, 7) is 0.890. The summed E-state index contributed by atoms with van der Waals surface area (Å²) in [7, 11) is 6.47. The van der Waals surface area contributed by atoms with Crippen LogP contribution in [0.15, 0.2) is 97.1 Å². The number of rotatable bonds is 14. The predicted molar refractivity (Wildman–Crippen MR) is 174 cm³/mol. The van der Waals surface area contributed by atoms with E-state index in [0.717, 1.165) is 22.3 Å². The highest BCUT2D eigenvalue weighted by Gasteiger charge is 2.45. The molecule has 1 heterocycles. The lowest BCUT2D eigenvalue weighted by molar-refractivity contribution is -0.138. The van der Waals surface area contributed by atoms with Gasteiger partial charge in [-0.25, -0.2) is 0 Å². The second kappa shape index (κ2) is 14.2. The van der Waals surface area contributed by atoms with Gasteiger partial charge in [-0.05, 0) is 77.2 Å². The number of benzene rings is 4. The molecule has 0 aliphatic carbocycles. The molecule has 0 spiro atoms. The minimum absolute atomic E-state index is 0.0982. The molecule has 5 rings (SSSR count). The van der Waals surface area contributed by atoms with E-state index in [1.807, 2.05) is 89.8 Å². The van der Waals surface area contributed by atoms with Crippen molar-refractivity contribution in [3.63, 3.8) is 0 Å². The van der Waals surface area contributed by atoms with Crippen LogP contribution in [0.5, 0.6) is 23.0 Å². The summed E-state index contributed by atoms with van der Waals surface area (Å²) in [6, 6.07) is 30.2. The van der Waals surface area contributed by atoms with Crippen molar-refractivity contribution in [2.75, 3.05) is 48.1 Å². The van der Waals surface area contributed by atoms with Gasteiger partial charge in [0.15, 0.2) is 0 Å². The Hall–Kier alpha value is -4.57. The Morgan fingerprint density at radius 1 is 0.717 bits per heavy atom. The van der Waals surface area contributed by atoms with Crippen LogP contribution in [0.1, 0.15) is 35.1 Å². The number of aliphatic carboxylic acids is 1. The molecule has 1 saturated heterocycles. The van der Waals surface area contributed by atoms with Gasteiger partial charge in [0, 0.05) is 19.1 Å². The molecule has 9 heteroatoms. The fourth-order valence-corrected chi connectivity index (χ4v) is 6.37. The number of carbonyl (C=O) groups is 1. The molecule has 0 saturated carbocycles. The molecule has 4 aromatic rings. The average molecular weight is 628 g/mol. The van der Waals surface area contributed by atoms with E-state index in [0.29, 0.717) is 29.5 Å². The Kier molecular flexibility index (Phi) is 10.2. The number of aliphatic hydroxyl groups is 1. The molecule has 1 aliphatic rings. The Morgan fingerprint density at radius 2 is 1.11 bits per heavy atom. The third-order valence-corrected chi connectivity index (χ3v) is 8.78. The van der Waals surface area contributed by atoms with Crippen LogP contribution in [-0.2, 0) is 20.7 Å². The molecule has 0 amide bonds. The maximum atomic E-state index is 11.9. The summed E-state index contributed by atoms with van der Waals surface area (Å²) in [6.07, 6.45) is 0.186. The molecule has 2 N–H and O–H groups in total. The monoisotopic (exact) mass is 627 g/mol. The van der Waals surface area contributed by atoms with Gasteiger partial charge in [-0.2, -0.15) is 0 Å². The molecular formula is C37H41NO8. The minimum atomic E-state index is -1.22. The first-order chi connectivity index (χ1) is 22.2. The quantitative estimate of drug-likeness (QED) is 0.176. The Bertz CT molecular complexity index is 1460. The van der Waals surface area contributed by atoms with E-state index < -0.39 is 17.2 Å². The number of nitrogens with zero attached hydrogens (tertiary/aromatic N) is 1. The number of carboxylic acid groups (broad SMARTS) is 1. The summed E-state index contributed by atoms with van der Waals surface area (Å²) < 4.78 is 28.7. The van der Waals surface area contributed by atoms with Crippen LogP contribution in [0.3, 0.4) is 0 Å². The lowest BCUT2D eigenvalue weighted by Gasteiger charge is -2.37. The van der Waals surface area contributed by atoms with Crippen LogP contribution in [0.2, 0.25) is 0 Å². The lowest BCUT2D eigenvalue weighted by Crippen LogP contribution is -2.39. The van der Waals surface area contributed by atoms with Gasteiger partial charge in [0.1, 0.15) is 34.2 Å². The number of likely N-dealkylation sites (tertiary alicyclic amines) is 1. The molecule has 0 unspecified atom stereocenters. The van der Waals surface area contributed by atoms with Crippen molar-refractivity contribution in [2.24, 2.45) is 0 Å². The SMILES string of the molecule is COc1ccc(C(OCCN2C[C@@](O)(c3ccc(OC)cc3)C[C@H]2CC(=O)O)(c2ccc(OC)cc2)c2ccc(OC)cc2)cc1. The maximum Gasteiger partial charge on any atom is 0.304 e. The van der Waals surface area contributed by atoms with Crippen molar-refractivity contribution in [3.8, 4) is 23.0 Å². The van der Waals surface area contributed by atoms with Gasteiger partial charge in [0.2, 0.25) is 0 Å². The highest BCUT2D eigenvalue weighted by molar-refractivity contribution is 5.67. The van der Waals surface area contributed by atoms with E-state index in [4.69, 9.17) is 23.7 Å². The smallest absolute Gasteiger partial charge is 0.304 e. The first-order valence-corrected chi connectivity index (χ1v) is 15.1. The molecule has 1 fully saturated rings. The normalized spacial score (nSPS) is 18.2. The molecule has 0 radical (unpaired) electrons. The number of hydrogen-bond donors (Lipinski definition) is 2. The zero-order valence-electron chi connectivity index (χ0n) is 26.6. The van der Waals surface area contributed by atoms with Crippen molar-refractivity contribution in [2.45, 2.75) is 30.1 Å². The molecule has 1 aliphatic heterocycles. The van der Waals surface area contributed by atoms with Crippen LogP contribution >= 0.6 is 0 Å². The van der Waals surface area contributed by atoms with Crippen LogP contribution in [0, 0.1) is 0 Å². The van der Waals surface area contributed by atoms with Gasteiger partial charge in [0.25, 0.3) is 0 Å². The largest absolute Gasteiger partial charge is 0.497 e. The van der Waals surface area contributed by atoms with E-state index in [-0.39, 0.29) is 32.0 Å². The third-order valence-electron chi connectivity index (χ3n) is 8.78. The molecule has 0 aromatic heterocycles. The van der Waals surface area contributed by atoms with E-state index in [1.54, 1.807) is 40.6 Å². The number of ether oxygens (including phenoxy) is 5. The van der Waals surface area contributed by atoms with Crippen LogP contribution in [-0.4, -0.2) is 75.3 Å². The lowest BCUT2D eigenvalue weighted by atomic mass is 9.80. The summed E-state index contributed by atoms with van der Waals surface area (Å²) in [5.41, 5.74) is 1.08. The van der Waals surface area contributed by atoms with Crippen molar-refractivity contribution in [1.29, 1.82) is 0 Å². The van der Waals surface area contributed by atoms with Crippen LogP contribution < -0.4 is 18.9 Å². The summed E-state index contributed by atoms with van der Waals surface area (Å²) in [5, 5.41) is 21.5. The predicted octanol–water partition coefficient (Wildman–Crippen LogP) is 5.47. The molecular weight excluding hydrogens is 586 g/mol. The van der Waals surface area contributed by atoms with Crippen molar-refractivity contribution >= 4 is 5.97 Å². The van der Waals surface area contributed by atoms with Gasteiger partial charge in [-0.15, -0.1) is 0 Å². The summed E-state index contributed by atoms with van der Waals surface area (Å²) in [4.78, 5) is 13.9. The van der Waals surface area contributed by atoms with Crippen molar-refractivity contribution in [1.82, 2.24) is 4.90 Å². The average Bonchev–Trinajstić information content (AvgIpc) is 3.41. The highest BCUT2D eigenvalue weighted by atomic mass is 16.5. The number of hydrogen-bond acceptors (Lipinski definition) is 8. The highest BCUT2D eigenvalue weighted by Crippen LogP contribution is 2.43. The number of methoxy groups -OCH3 is 4. The van der Waals surface area contributed by atoms with E-state index in [9.17, 15) is 15.0 Å². The summed E-state index contributed by atoms with van der Waals surface area (Å²) >= 11 is 0. The Labute approximate surface area is 269 Å². The Balaban J connectivity index is 1.51. The standard InChI is InChI=1S/C37H41NO8/c1-42-31-13-5-26(6-14-31)36(41)24-30(23-35(39)40)38(25-36)21-22-46-37(27-7-15-32(43-2)16-8-27,28-9-17-33(44-3)18-10-28)29-11-19-34(45-4)20-12-29/h5-20,30,41H,21-25H2,1-4H3,(H,39,40)/t30-,36-/m1/s1. The molecule has 4 aromatic carbocycles. The summed E-state index contributed by atoms with van der Waals surface area (Å²) in [5.74, 6) is 1.92. The molecule has 242 valence electrons. The van der Waals surface area contributed by atoms with E-state index in [1.165, 1.54) is 0 Å². The topological polar surface area (TPSA) is 107 Å². The fraction of sp³-hybridized carbons (Fsp3) is 0.324. The van der Waals surface area contributed by atoms with E-state index in [2.05, 4.69) is 0 Å². The van der Waals surface area contributed by atoms with Crippen molar-refractivity contribution in [3.05, 3.63) is 119 Å². The fourth-order valence-electron chi connectivity index (χ4n) is 6.37. The number of β-amino-alcohol motifs (C(OH)–C–C–N with tert-alkyl or cyclic N) is 1. The second-order valence-electron chi connectivity index (χ2n) is 11.4. The van der Waals surface area contributed by atoms with Crippen LogP contribution in [0.4, 0.5) is 0 Å². The van der Waals surface area contributed by atoms with Gasteiger partial charge in [-0.3, -0.25) is 9.69 Å². The second-order valence-corrected chi connectivity index (χ2v) is 11.4. The zero-order chi connectivity index (χ0) is 32.7. The molecule has 46 heavy (non-hydrogen) atoms. The molecule has 0 bridgehead atoms. The number of carboxylic acids is 1. The first kappa shape index (κ1) is 32.8. The van der Waals surface area contributed by atoms with Gasteiger partial charge < -0.3 is 33.9 Å². The molecule has 9 nitrogen and oxygen atoms in total. The minimum Gasteiger partial charge on any atom is -0.497 e. The third kappa shape index (κ3) is 6.82. The Morgan fingerprint density at radius 3 is 1.48 bits per heavy atom. The maximum absolute atomic E-state index is 11.9. The zero-order valence-corrected chi connectivity index (χ0v) is 26.6. The van der Waals surface area contributed by atoms with Gasteiger partial charge in [0.05, 0.1) is 41.5 Å². The molecule has 2 atom stereocenters. The van der Waals surface area contributed by atoms with E-state index >= 15 is 0 Å².